The molecule has 0 aromatic carbocycles. The second-order valence-electron chi connectivity index (χ2n) is 5.10. The average molecular weight is 407 g/mol. The van der Waals surface area contributed by atoms with E-state index < -0.39 is 12.1 Å². The number of ether oxygens (including phenoxy) is 1. The van der Waals surface area contributed by atoms with Crippen molar-refractivity contribution in [2.24, 2.45) is 5.92 Å². The van der Waals surface area contributed by atoms with E-state index in [4.69, 9.17) is 0 Å². The van der Waals surface area contributed by atoms with Crippen LogP contribution in [0, 0.1) is 5.92 Å². The van der Waals surface area contributed by atoms with Crippen LogP contribution in [0.5, 0.6) is 0 Å². The lowest BCUT2D eigenvalue weighted by Gasteiger charge is -2.44. The van der Waals surface area contributed by atoms with Crippen molar-refractivity contribution < 1.29 is 22.7 Å². The lowest BCUT2D eigenvalue weighted by molar-refractivity contribution is -0.202. The molecule has 0 spiro atoms. The predicted octanol–water partition coefficient (Wildman–Crippen LogP) is 3.41. The number of rotatable bonds is 2. The minimum Gasteiger partial charge on any atom is -0.459 e. The van der Waals surface area contributed by atoms with Gasteiger partial charge >= 0.3 is 12.1 Å². The Hall–Kier alpha value is -0.0500. The Morgan fingerprint density at radius 1 is 1.20 bits per heavy atom. The van der Waals surface area contributed by atoms with E-state index in [0.29, 0.717) is 6.04 Å². The molecule has 2 rings (SSSR count). The Kier molecular flexibility index (Phi) is 7.57. The smallest absolute Gasteiger partial charge is 0.459 e. The second kappa shape index (κ2) is 8.41. The summed E-state index contributed by atoms with van der Waals surface area (Å²) in [4.78, 5) is 15.0. The normalized spacial score (nSPS) is 27.1. The third kappa shape index (κ3) is 5.05. The first-order chi connectivity index (χ1) is 9.48. The van der Waals surface area contributed by atoms with E-state index in [-0.39, 0.29) is 12.5 Å². The zero-order chi connectivity index (χ0) is 15.2. The van der Waals surface area contributed by atoms with Crippen LogP contribution in [0.15, 0.2) is 0 Å². The number of nitrogens with zero attached hydrogens (tertiary/aromatic N) is 1. The molecule has 0 aromatic rings. The Labute approximate surface area is 131 Å². The quantitative estimate of drug-likeness (QED) is 0.399. The van der Waals surface area contributed by atoms with Crippen molar-refractivity contribution in [3.63, 3.8) is 0 Å². The van der Waals surface area contributed by atoms with Crippen LogP contribution in [0.3, 0.4) is 0 Å². The van der Waals surface area contributed by atoms with Crippen LogP contribution in [0.4, 0.5) is 13.2 Å². The lowest BCUT2D eigenvalue weighted by Crippen LogP contribution is -2.49. The summed E-state index contributed by atoms with van der Waals surface area (Å²) in [6, 6.07) is 0.300. The van der Waals surface area contributed by atoms with E-state index in [1.54, 1.807) is 0 Å². The van der Waals surface area contributed by atoms with Gasteiger partial charge in [-0.25, -0.2) is 4.79 Å². The number of hydrogen-bond donors (Lipinski definition) is 0. The van der Waals surface area contributed by atoms with E-state index in [9.17, 15) is 18.0 Å². The van der Waals surface area contributed by atoms with Crippen molar-refractivity contribution in [1.82, 2.24) is 4.90 Å². The molecule has 2 aliphatic rings. The van der Waals surface area contributed by atoms with Gasteiger partial charge in [0.25, 0.3) is 0 Å². The largest absolute Gasteiger partial charge is 0.490 e. The van der Waals surface area contributed by atoms with Crippen molar-refractivity contribution in [3.8, 4) is 0 Å². The van der Waals surface area contributed by atoms with E-state index in [1.165, 1.54) is 0 Å². The molecule has 2 unspecified atom stereocenters. The molecule has 0 aliphatic carbocycles. The number of carbonyl (C=O) groups excluding carboxylic acids is 1. The number of esters is 1. The van der Waals surface area contributed by atoms with E-state index in [1.807, 2.05) is 4.93 Å². The van der Waals surface area contributed by atoms with Crippen LogP contribution < -0.4 is 0 Å². The molecule has 2 atom stereocenters. The maximum Gasteiger partial charge on any atom is 0.490 e. The van der Waals surface area contributed by atoms with Crippen LogP contribution in [0.1, 0.15) is 32.1 Å². The topological polar surface area (TPSA) is 29.5 Å². The molecular weight excluding hydrogens is 386 g/mol. The number of hydrogen-bond acceptors (Lipinski definition) is 3. The zero-order valence-corrected chi connectivity index (χ0v) is 13.7. The van der Waals surface area contributed by atoms with Gasteiger partial charge in [-0.05, 0) is 43.7 Å². The highest BCUT2D eigenvalue weighted by Gasteiger charge is 2.42. The van der Waals surface area contributed by atoms with Gasteiger partial charge < -0.3 is 4.74 Å². The van der Waals surface area contributed by atoms with E-state index in [2.05, 4.69) is 32.2 Å². The highest BCUT2D eigenvalue weighted by atomic mass is 127. The van der Waals surface area contributed by atoms with Crippen LogP contribution in [-0.2, 0) is 9.53 Å². The maximum absolute atomic E-state index is 12.1. The molecule has 0 bridgehead atoms. The monoisotopic (exact) mass is 407 g/mol. The molecule has 0 N–H and O–H groups in total. The minimum absolute atomic E-state index is 0.0605. The standard InChI is InChI=1S/C12H18F3NO2.CH3I/c13-12(14,15)11(17)18-8-9-4-3-7-16-6-2-1-5-10(9)16;1-2/h9-10H,1-8H2;1H3. The van der Waals surface area contributed by atoms with E-state index in [0.717, 1.165) is 45.2 Å². The molecule has 3 nitrogen and oxygen atoms in total. The van der Waals surface area contributed by atoms with Crippen molar-refractivity contribution in [3.05, 3.63) is 0 Å². The van der Waals surface area contributed by atoms with Gasteiger partial charge in [0, 0.05) is 12.0 Å². The fourth-order valence-corrected chi connectivity index (χ4v) is 3.04. The summed E-state index contributed by atoms with van der Waals surface area (Å²) >= 11 is 2.15. The maximum atomic E-state index is 12.1. The van der Waals surface area contributed by atoms with Crippen molar-refractivity contribution >= 4 is 28.6 Å². The van der Waals surface area contributed by atoms with E-state index >= 15 is 0 Å². The number of carbonyl (C=O) groups is 1. The molecule has 2 aliphatic heterocycles. The fourth-order valence-electron chi connectivity index (χ4n) is 3.04. The van der Waals surface area contributed by atoms with Gasteiger partial charge in [-0.2, -0.15) is 13.2 Å². The zero-order valence-electron chi connectivity index (χ0n) is 11.6. The summed E-state index contributed by atoms with van der Waals surface area (Å²) in [5.41, 5.74) is 0. The first kappa shape index (κ1) is 18.0. The molecule has 118 valence electrons. The number of halogens is 4. The summed E-state index contributed by atoms with van der Waals surface area (Å²) in [5.74, 6) is -2.00. The average Bonchev–Trinajstić information content (AvgIpc) is 2.45. The molecule has 0 aromatic heterocycles. The molecular formula is C13H21F3INO2. The van der Waals surface area contributed by atoms with Crippen molar-refractivity contribution in [2.75, 3.05) is 24.6 Å². The minimum atomic E-state index is -4.87. The first-order valence-electron chi connectivity index (χ1n) is 6.84. The summed E-state index contributed by atoms with van der Waals surface area (Å²) in [5, 5.41) is 0. The van der Waals surface area contributed by atoms with Gasteiger partial charge in [-0.3, -0.25) is 4.90 Å². The Morgan fingerprint density at radius 2 is 1.85 bits per heavy atom. The third-order valence-electron chi connectivity index (χ3n) is 3.89. The van der Waals surface area contributed by atoms with Crippen LogP contribution in [-0.4, -0.2) is 47.7 Å². The van der Waals surface area contributed by atoms with Gasteiger partial charge in [0.15, 0.2) is 0 Å². The second-order valence-corrected chi connectivity index (χ2v) is 5.10. The number of fused-ring (bicyclic) bond motifs is 1. The van der Waals surface area contributed by atoms with Gasteiger partial charge in [-0.1, -0.05) is 29.0 Å². The highest BCUT2D eigenvalue weighted by molar-refractivity contribution is 14.1. The Balaban J connectivity index is 0.000000956. The molecule has 0 radical (unpaired) electrons. The molecule has 0 saturated carbocycles. The molecule has 2 fully saturated rings. The van der Waals surface area contributed by atoms with Gasteiger partial charge in [0.05, 0.1) is 6.61 Å². The molecule has 0 amide bonds. The fraction of sp³-hybridized carbons (Fsp3) is 0.923. The Bertz CT molecular complexity index is 310. The molecule has 2 heterocycles. The van der Waals surface area contributed by atoms with Crippen LogP contribution >= 0.6 is 22.6 Å². The predicted molar refractivity (Wildman–Crippen MR) is 78.9 cm³/mol. The molecule has 7 heteroatoms. The number of piperidine rings is 2. The summed E-state index contributed by atoms with van der Waals surface area (Å²) < 4.78 is 40.6. The van der Waals surface area contributed by atoms with Crippen LogP contribution in [0.2, 0.25) is 0 Å². The summed E-state index contributed by atoms with van der Waals surface area (Å²) in [6.45, 7) is 1.95. The molecule has 20 heavy (non-hydrogen) atoms. The van der Waals surface area contributed by atoms with Crippen LogP contribution in [0.25, 0.3) is 0 Å². The van der Waals surface area contributed by atoms with Gasteiger partial charge in [-0.15, -0.1) is 0 Å². The summed E-state index contributed by atoms with van der Waals surface area (Å²) in [6.07, 6.45) is 0.239. The van der Waals surface area contributed by atoms with Gasteiger partial charge in [0.1, 0.15) is 0 Å². The molecule has 2 saturated heterocycles. The Morgan fingerprint density at radius 3 is 2.50 bits per heavy atom. The highest BCUT2D eigenvalue weighted by Crippen LogP contribution is 2.31. The first-order valence-corrected chi connectivity index (χ1v) is 9.00. The summed E-state index contributed by atoms with van der Waals surface area (Å²) in [7, 11) is 0. The SMILES string of the molecule is CI.O=C(OCC1CCCN2CCCCC12)C(F)(F)F. The van der Waals surface area contributed by atoms with Gasteiger partial charge in [0.2, 0.25) is 0 Å². The third-order valence-corrected chi connectivity index (χ3v) is 3.89. The number of alkyl halides is 4. The van der Waals surface area contributed by atoms with Crippen molar-refractivity contribution in [2.45, 2.75) is 44.3 Å². The van der Waals surface area contributed by atoms with Crippen molar-refractivity contribution in [1.29, 1.82) is 0 Å². The lowest BCUT2D eigenvalue weighted by atomic mass is 9.84.